The maximum atomic E-state index is 12.5. The minimum Gasteiger partial charge on any atom is -0.507 e. The first-order valence-corrected chi connectivity index (χ1v) is 22.0. The zero-order valence-electron chi connectivity index (χ0n) is 42.0. The van der Waals surface area contributed by atoms with E-state index in [4.69, 9.17) is 15.5 Å². The topological polar surface area (TPSA) is 50.9 Å². The third-order valence-electron chi connectivity index (χ3n) is 12.2. The summed E-state index contributed by atoms with van der Waals surface area (Å²) in [6, 6.07) is 54.8. The molecule has 0 unspecified atom stereocenters. The molecule has 0 atom stereocenters. The summed E-state index contributed by atoms with van der Waals surface area (Å²) >= 11 is 0. The lowest BCUT2D eigenvalue weighted by molar-refractivity contribution is 0.446. The molecule has 0 aliphatic heterocycles. The van der Waals surface area contributed by atoms with Crippen LogP contribution in [0.4, 0.5) is 0 Å². The molecule has 0 aliphatic rings. The van der Waals surface area contributed by atoms with Crippen LogP contribution in [-0.2, 0) is 10.8 Å². The van der Waals surface area contributed by atoms with Gasteiger partial charge in [-0.15, -0.1) is 0 Å². The Morgan fingerprint density at radius 1 is 0.562 bits per heavy atom. The number of fused-ring (bicyclic) bond motifs is 1. The number of para-hydroxylation sites is 1. The minimum atomic E-state index is -2.34. The Morgan fingerprint density at radius 2 is 1.23 bits per heavy atom. The van der Waals surface area contributed by atoms with Crippen molar-refractivity contribution in [1.82, 2.24) is 14.5 Å². The molecule has 2 aromatic heterocycles. The van der Waals surface area contributed by atoms with Crippen LogP contribution in [0.15, 0.2) is 170 Å². The fraction of sp³-hybridized carbons (Fsp3) is 0.200. The van der Waals surface area contributed by atoms with Gasteiger partial charge in [-0.1, -0.05) is 170 Å². The van der Waals surface area contributed by atoms with Gasteiger partial charge in [0.15, 0.2) is 0 Å². The predicted octanol–water partition coefficient (Wildman–Crippen LogP) is 16.2. The van der Waals surface area contributed by atoms with Gasteiger partial charge in [-0.05, 0) is 123 Å². The Bertz CT molecular complexity index is 3310. The number of phenols is 1. The molecule has 0 aliphatic carbocycles. The molecular weight excluding hydrogens is 779 g/mol. The number of aryl methyl sites for hydroxylation is 1. The molecule has 0 fully saturated rings. The van der Waals surface area contributed by atoms with Crippen molar-refractivity contribution in [2.75, 3.05) is 0 Å². The van der Waals surface area contributed by atoms with Crippen molar-refractivity contribution in [1.29, 1.82) is 0 Å². The first kappa shape index (κ1) is 37.5. The number of aromatic hydroxyl groups is 1. The van der Waals surface area contributed by atoms with Crippen LogP contribution >= 0.6 is 0 Å². The molecule has 9 rings (SSSR count). The Kier molecular flexibility index (Phi) is 9.72. The van der Waals surface area contributed by atoms with Crippen LogP contribution in [0.5, 0.6) is 5.75 Å². The zero-order chi connectivity index (χ0) is 48.3. The van der Waals surface area contributed by atoms with Gasteiger partial charge in [0.05, 0.1) is 28.0 Å². The lowest BCUT2D eigenvalue weighted by atomic mass is 9.79. The van der Waals surface area contributed by atoms with Gasteiger partial charge in [0.1, 0.15) is 11.6 Å². The molecule has 1 N–H and O–H groups in total. The Hall–Kier alpha value is -7.04. The van der Waals surface area contributed by atoms with Crippen molar-refractivity contribution in [2.45, 2.75) is 79.0 Å². The highest BCUT2D eigenvalue weighted by molar-refractivity contribution is 5.98. The number of rotatable bonds is 8. The summed E-state index contributed by atoms with van der Waals surface area (Å²) in [4.78, 5) is 10.5. The monoisotopic (exact) mass is 839 g/mol. The largest absolute Gasteiger partial charge is 0.507 e. The van der Waals surface area contributed by atoms with E-state index in [1.54, 1.807) is 12.1 Å². The lowest BCUT2D eigenvalue weighted by Gasteiger charge is -2.27. The zero-order valence-corrected chi connectivity index (χ0v) is 38.0. The van der Waals surface area contributed by atoms with E-state index < -0.39 is 18.2 Å². The van der Waals surface area contributed by atoms with Gasteiger partial charge in [-0.25, -0.2) is 4.98 Å². The summed E-state index contributed by atoms with van der Waals surface area (Å²) in [5.74, 6) is -0.00791. The van der Waals surface area contributed by atoms with E-state index >= 15 is 0 Å². The molecule has 0 radical (unpaired) electrons. The van der Waals surface area contributed by atoms with E-state index in [2.05, 4.69) is 119 Å². The van der Waals surface area contributed by atoms with Gasteiger partial charge in [-0.3, -0.25) is 9.55 Å². The van der Waals surface area contributed by atoms with E-state index in [1.165, 1.54) is 0 Å². The van der Waals surface area contributed by atoms with Gasteiger partial charge >= 0.3 is 0 Å². The summed E-state index contributed by atoms with van der Waals surface area (Å²) in [5.41, 5.74) is 14.5. The van der Waals surface area contributed by atoms with Crippen LogP contribution in [0, 0.1) is 6.85 Å². The summed E-state index contributed by atoms with van der Waals surface area (Å²) in [6.07, 6.45) is 1.85. The van der Waals surface area contributed by atoms with Gasteiger partial charge in [-0.2, -0.15) is 0 Å². The lowest BCUT2D eigenvalue weighted by Crippen LogP contribution is -2.17. The normalized spacial score (nSPS) is 13.3. The van der Waals surface area contributed by atoms with E-state index in [-0.39, 0.29) is 16.7 Å². The first-order valence-electron chi connectivity index (χ1n) is 24.0. The maximum absolute atomic E-state index is 12.5. The van der Waals surface area contributed by atoms with Crippen molar-refractivity contribution >= 4 is 11.0 Å². The second-order valence-corrected chi connectivity index (χ2v) is 19.1. The molecule has 4 heteroatoms. The first-order chi connectivity index (χ1) is 32.1. The number of imidazole rings is 1. The molecule has 0 saturated carbocycles. The molecular formula is C60H57N3O. The highest BCUT2D eigenvalue weighted by atomic mass is 16.3. The Labute approximate surface area is 384 Å². The van der Waals surface area contributed by atoms with Crippen LogP contribution in [0.1, 0.15) is 89.0 Å². The number of hydrogen-bond acceptors (Lipinski definition) is 3. The van der Waals surface area contributed by atoms with Crippen molar-refractivity contribution in [3.8, 4) is 78.6 Å². The van der Waals surface area contributed by atoms with Gasteiger partial charge < -0.3 is 5.11 Å². The van der Waals surface area contributed by atoms with Crippen LogP contribution in [0.2, 0.25) is 0 Å². The van der Waals surface area contributed by atoms with Gasteiger partial charge in [0, 0.05) is 33.9 Å². The van der Waals surface area contributed by atoms with Crippen LogP contribution in [0.3, 0.4) is 0 Å². The number of benzene rings is 7. The molecule has 318 valence electrons. The minimum absolute atomic E-state index is 0.154. The van der Waals surface area contributed by atoms with Crippen molar-refractivity contribution < 1.29 is 10.6 Å². The number of nitrogens with zero attached hydrogens (tertiary/aromatic N) is 3. The summed E-state index contributed by atoms with van der Waals surface area (Å²) in [7, 11) is 0. The molecule has 64 heavy (non-hydrogen) atoms. The van der Waals surface area contributed by atoms with Crippen molar-refractivity contribution in [2.24, 2.45) is 0 Å². The predicted molar refractivity (Wildman–Crippen MR) is 269 cm³/mol. The standard InChI is InChI=1S/C60H57N3O/c1-38(2)40-24-26-42(27-25-40)44-29-30-61-53(35-44)47-33-45(41-17-12-10-13-18-41)32-46(34-47)49-21-16-22-55-56(49)62-58(51-36-48(59(4,5)6)37-52(57(51)64)60(7,8)9)63(55)54-28-23-39(3)31-50(54)43-19-14-11-15-20-43/h10-38,64H,1-9H3/i3D3,38D. The van der Waals surface area contributed by atoms with E-state index in [0.29, 0.717) is 11.4 Å². The van der Waals surface area contributed by atoms with Gasteiger partial charge in [0.25, 0.3) is 0 Å². The van der Waals surface area contributed by atoms with Crippen molar-refractivity contribution in [3.05, 3.63) is 192 Å². The average Bonchev–Trinajstić information content (AvgIpc) is 3.70. The molecule has 2 heterocycles. The van der Waals surface area contributed by atoms with Crippen LogP contribution < -0.4 is 0 Å². The molecule has 7 aromatic carbocycles. The summed E-state index contributed by atoms with van der Waals surface area (Å²) in [5, 5.41) is 12.5. The fourth-order valence-electron chi connectivity index (χ4n) is 8.64. The third kappa shape index (κ3) is 8.17. The van der Waals surface area contributed by atoms with E-state index in [9.17, 15) is 5.11 Å². The second-order valence-electron chi connectivity index (χ2n) is 19.1. The van der Waals surface area contributed by atoms with Crippen LogP contribution in [0.25, 0.3) is 83.9 Å². The summed E-state index contributed by atoms with van der Waals surface area (Å²) in [6.45, 7) is 14.3. The Balaban J connectivity index is 1.34. The molecule has 0 amide bonds. The average molecular weight is 840 g/mol. The number of hydrogen-bond donors (Lipinski definition) is 1. The molecule has 0 bridgehead atoms. The summed E-state index contributed by atoms with van der Waals surface area (Å²) < 4.78 is 35.9. The van der Waals surface area contributed by atoms with Crippen LogP contribution in [-0.4, -0.2) is 19.6 Å². The number of pyridine rings is 1. The van der Waals surface area contributed by atoms with Crippen molar-refractivity contribution in [3.63, 3.8) is 0 Å². The number of aromatic nitrogens is 3. The van der Waals surface area contributed by atoms with E-state index in [0.717, 1.165) is 89.2 Å². The quantitative estimate of drug-likeness (QED) is 0.166. The van der Waals surface area contributed by atoms with Gasteiger partial charge in [0.2, 0.25) is 0 Å². The maximum Gasteiger partial charge on any atom is 0.149 e. The van der Waals surface area contributed by atoms with E-state index in [1.807, 2.05) is 98.9 Å². The number of phenolic OH excluding ortho intramolecular Hbond substituents is 1. The fourth-order valence-corrected chi connectivity index (χ4v) is 8.64. The second kappa shape index (κ2) is 16.6. The molecule has 9 aromatic rings. The highest BCUT2D eigenvalue weighted by Gasteiger charge is 2.29. The molecule has 0 saturated heterocycles. The highest BCUT2D eigenvalue weighted by Crippen LogP contribution is 2.46. The molecule has 4 nitrogen and oxygen atoms in total. The third-order valence-corrected chi connectivity index (χ3v) is 12.2. The Morgan fingerprint density at radius 3 is 1.91 bits per heavy atom. The molecule has 0 spiro atoms. The smallest absolute Gasteiger partial charge is 0.149 e. The SMILES string of the molecule is [2H]C([2H])([2H])c1ccc(-n2c(-c3cc(C(C)(C)C)cc(C(C)(C)C)c3O)nc3c(-c4cc(-c5ccccc5)cc(-c5cc(-c6ccc(C([2H])(C)C)cc6)ccn5)c4)cccc32)c(-c2ccccc2)c1.